The van der Waals surface area contributed by atoms with Crippen molar-refractivity contribution in [3.05, 3.63) is 87.9 Å². The first-order valence-corrected chi connectivity index (χ1v) is 12.3. The number of carbonyl (C=O) groups is 2. The predicted octanol–water partition coefficient (Wildman–Crippen LogP) is 5.43. The van der Waals surface area contributed by atoms with E-state index in [0.29, 0.717) is 25.3 Å². The molecule has 0 aliphatic rings. The van der Waals surface area contributed by atoms with Crippen molar-refractivity contribution in [2.24, 2.45) is 0 Å². The molecule has 0 saturated carbocycles. The lowest BCUT2D eigenvalue weighted by Gasteiger charge is -2.31. The number of aryl methyl sites for hydroxylation is 1. The number of thiophene rings is 1. The first-order chi connectivity index (χ1) is 16.4. The fourth-order valence-corrected chi connectivity index (χ4v) is 4.40. The summed E-state index contributed by atoms with van der Waals surface area (Å²) in [5, 5.41) is 2.00. The van der Waals surface area contributed by atoms with Crippen LogP contribution in [0.25, 0.3) is 0 Å². The molecule has 0 radical (unpaired) electrons. The molecule has 180 valence electrons. The Morgan fingerprint density at radius 3 is 2.32 bits per heavy atom. The molecule has 0 spiro atoms. The fourth-order valence-electron chi connectivity index (χ4n) is 3.48. The SMILES string of the molecule is CCC(C)N(CC(=O)N(Cc1ccc(F)cc1)Cc1sccc1C)C(=O)COc1ccccc1. The Morgan fingerprint density at radius 1 is 1.00 bits per heavy atom. The van der Waals surface area contributed by atoms with Gasteiger partial charge in [0.25, 0.3) is 5.91 Å². The van der Waals surface area contributed by atoms with Gasteiger partial charge in [0, 0.05) is 17.5 Å². The van der Waals surface area contributed by atoms with Crippen LogP contribution in [0.2, 0.25) is 0 Å². The van der Waals surface area contributed by atoms with E-state index in [1.54, 1.807) is 45.4 Å². The lowest BCUT2D eigenvalue weighted by atomic mass is 10.1. The largest absolute Gasteiger partial charge is 0.484 e. The molecule has 3 rings (SSSR count). The topological polar surface area (TPSA) is 49.9 Å². The number of halogens is 1. The number of ether oxygens (including phenoxy) is 1. The van der Waals surface area contributed by atoms with E-state index in [9.17, 15) is 14.0 Å². The number of benzene rings is 2. The first-order valence-electron chi connectivity index (χ1n) is 11.4. The molecule has 0 fully saturated rings. The predicted molar refractivity (Wildman–Crippen MR) is 133 cm³/mol. The Labute approximate surface area is 204 Å². The number of para-hydroxylation sites is 1. The van der Waals surface area contributed by atoms with Gasteiger partial charge in [0.2, 0.25) is 5.91 Å². The van der Waals surface area contributed by atoms with Gasteiger partial charge in [-0.1, -0.05) is 37.3 Å². The highest BCUT2D eigenvalue weighted by Gasteiger charge is 2.26. The van der Waals surface area contributed by atoms with Crippen LogP contribution in [0.15, 0.2) is 66.0 Å². The number of hydrogen-bond donors (Lipinski definition) is 0. The molecule has 0 aliphatic carbocycles. The molecule has 2 aromatic carbocycles. The molecule has 7 heteroatoms. The van der Waals surface area contributed by atoms with Crippen LogP contribution < -0.4 is 4.74 Å². The Bertz CT molecular complexity index is 1070. The van der Waals surface area contributed by atoms with Gasteiger partial charge in [0.1, 0.15) is 18.1 Å². The van der Waals surface area contributed by atoms with Crippen LogP contribution in [-0.4, -0.2) is 40.8 Å². The van der Waals surface area contributed by atoms with Crippen molar-refractivity contribution in [1.29, 1.82) is 0 Å². The summed E-state index contributed by atoms with van der Waals surface area (Å²) in [4.78, 5) is 30.9. The van der Waals surface area contributed by atoms with Crippen molar-refractivity contribution < 1.29 is 18.7 Å². The minimum Gasteiger partial charge on any atom is -0.484 e. The zero-order valence-corrected chi connectivity index (χ0v) is 20.7. The molecule has 1 aromatic heterocycles. The molecule has 3 aromatic rings. The second-order valence-electron chi connectivity index (χ2n) is 8.28. The number of nitrogens with zero attached hydrogens (tertiary/aromatic N) is 2. The smallest absolute Gasteiger partial charge is 0.261 e. The number of hydrogen-bond acceptors (Lipinski definition) is 4. The van der Waals surface area contributed by atoms with Crippen LogP contribution in [0.1, 0.15) is 36.3 Å². The average molecular weight is 483 g/mol. The maximum atomic E-state index is 13.5. The van der Waals surface area contributed by atoms with Crippen LogP contribution in [0.5, 0.6) is 5.75 Å². The molecule has 0 aliphatic heterocycles. The molecule has 2 amide bonds. The molecule has 0 saturated heterocycles. The Hall–Kier alpha value is -3.19. The quantitative estimate of drug-likeness (QED) is 0.366. The van der Waals surface area contributed by atoms with Crippen LogP contribution in [0, 0.1) is 12.7 Å². The Morgan fingerprint density at radius 2 is 1.71 bits per heavy atom. The van der Waals surface area contributed by atoms with E-state index >= 15 is 0 Å². The van der Waals surface area contributed by atoms with Crippen LogP contribution >= 0.6 is 11.3 Å². The molecule has 0 N–H and O–H groups in total. The summed E-state index contributed by atoms with van der Waals surface area (Å²) < 4.78 is 19.0. The molecular formula is C27H31FN2O3S. The van der Waals surface area contributed by atoms with E-state index in [1.165, 1.54) is 12.1 Å². The van der Waals surface area contributed by atoms with E-state index in [4.69, 9.17) is 4.74 Å². The van der Waals surface area contributed by atoms with E-state index in [0.717, 1.165) is 16.0 Å². The third-order valence-electron chi connectivity index (χ3n) is 5.80. The minimum absolute atomic E-state index is 0.0440. The van der Waals surface area contributed by atoms with Crippen LogP contribution in [-0.2, 0) is 22.7 Å². The molecule has 1 unspecified atom stereocenters. The van der Waals surface area contributed by atoms with Gasteiger partial charge < -0.3 is 14.5 Å². The summed E-state index contributed by atoms with van der Waals surface area (Å²) in [5.74, 6) is -0.105. The monoisotopic (exact) mass is 482 g/mol. The highest BCUT2D eigenvalue weighted by molar-refractivity contribution is 7.10. The maximum Gasteiger partial charge on any atom is 0.261 e. The maximum absolute atomic E-state index is 13.5. The minimum atomic E-state index is -0.317. The van der Waals surface area contributed by atoms with Crippen molar-refractivity contribution in [2.75, 3.05) is 13.2 Å². The molecule has 1 atom stereocenters. The fraction of sp³-hybridized carbons (Fsp3) is 0.333. The van der Waals surface area contributed by atoms with E-state index in [1.807, 2.05) is 50.4 Å². The highest BCUT2D eigenvalue weighted by Crippen LogP contribution is 2.20. The summed E-state index contributed by atoms with van der Waals surface area (Å²) in [5.41, 5.74) is 1.95. The zero-order chi connectivity index (χ0) is 24.5. The highest BCUT2D eigenvalue weighted by atomic mass is 32.1. The van der Waals surface area contributed by atoms with Crippen molar-refractivity contribution in [2.45, 2.75) is 46.3 Å². The van der Waals surface area contributed by atoms with Gasteiger partial charge in [0.15, 0.2) is 6.61 Å². The Balaban J connectivity index is 1.75. The number of amides is 2. The zero-order valence-electron chi connectivity index (χ0n) is 19.9. The van der Waals surface area contributed by atoms with Crippen LogP contribution in [0.3, 0.4) is 0 Å². The van der Waals surface area contributed by atoms with Gasteiger partial charge in [-0.25, -0.2) is 4.39 Å². The second kappa shape index (κ2) is 12.3. The molecule has 5 nitrogen and oxygen atoms in total. The molecule has 1 heterocycles. The van der Waals surface area contributed by atoms with Gasteiger partial charge in [-0.3, -0.25) is 9.59 Å². The average Bonchev–Trinajstić information content (AvgIpc) is 3.26. The van der Waals surface area contributed by atoms with Gasteiger partial charge in [-0.2, -0.15) is 0 Å². The van der Waals surface area contributed by atoms with E-state index in [-0.39, 0.29) is 36.8 Å². The summed E-state index contributed by atoms with van der Waals surface area (Å²) in [6.45, 7) is 6.52. The third kappa shape index (κ3) is 7.15. The van der Waals surface area contributed by atoms with Gasteiger partial charge >= 0.3 is 0 Å². The van der Waals surface area contributed by atoms with Gasteiger partial charge in [-0.05, 0) is 67.1 Å². The molecular weight excluding hydrogens is 451 g/mol. The summed E-state index contributed by atoms with van der Waals surface area (Å²) >= 11 is 1.60. The summed E-state index contributed by atoms with van der Waals surface area (Å²) in [7, 11) is 0. The van der Waals surface area contributed by atoms with E-state index in [2.05, 4.69) is 0 Å². The van der Waals surface area contributed by atoms with Crippen molar-refractivity contribution in [3.63, 3.8) is 0 Å². The third-order valence-corrected chi connectivity index (χ3v) is 6.80. The first kappa shape index (κ1) is 25.4. The van der Waals surface area contributed by atoms with Crippen molar-refractivity contribution in [1.82, 2.24) is 9.80 Å². The molecule has 34 heavy (non-hydrogen) atoms. The van der Waals surface area contributed by atoms with Crippen molar-refractivity contribution in [3.8, 4) is 5.75 Å². The summed E-state index contributed by atoms with van der Waals surface area (Å²) in [6.07, 6.45) is 0.715. The number of rotatable bonds is 11. The molecule has 0 bridgehead atoms. The number of carbonyl (C=O) groups excluding carboxylic acids is 2. The van der Waals surface area contributed by atoms with Crippen LogP contribution in [0.4, 0.5) is 4.39 Å². The lowest BCUT2D eigenvalue weighted by molar-refractivity contribution is -0.144. The normalized spacial score (nSPS) is 11.6. The van der Waals surface area contributed by atoms with Crippen molar-refractivity contribution >= 4 is 23.2 Å². The van der Waals surface area contributed by atoms with E-state index < -0.39 is 0 Å². The van der Waals surface area contributed by atoms with Gasteiger partial charge in [0.05, 0.1) is 6.54 Å². The Kier molecular flexibility index (Phi) is 9.22. The lowest BCUT2D eigenvalue weighted by Crippen LogP contribution is -2.47. The standard InChI is InChI=1S/C27H31FN2O3S/c1-4-21(3)30(27(32)19-33-24-8-6-5-7-9-24)18-26(31)29(17-25-20(2)14-15-34-25)16-22-10-12-23(28)13-11-22/h5-15,21H,4,16-19H2,1-3H3. The van der Waals surface area contributed by atoms with Gasteiger partial charge in [-0.15, -0.1) is 11.3 Å². The second-order valence-corrected chi connectivity index (χ2v) is 9.28. The summed E-state index contributed by atoms with van der Waals surface area (Å²) in [6, 6.07) is 17.2.